The van der Waals surface area contributed by atoms with Gasteiger partial charge in [0.1, 0.15) is 5.60 Å². The second kappa shape index (κ2) is 5.44. The van der Waals surface area contributed by atoms with Crippen molar-refractivity contribution >= 4 is 11.7 Å². The Labute approximate surface area is 117 Å². The van der Waals surface area contributed by atoms with Gasteiger partial charge in [0.25, 0.3) is 0 Å². The Morgan fingerprint density at radius 1 is 1.35 bits per heavy atom. The monoisotopic (exact) mass is 277 g/mol. The van der Waals surface area contributed by atoms with E-state index >= 15 is 0 Å². The first-order valence-corrected chi connectivity index (χ1v) is 6.56. The molecular formula is C13H19N5O2. The number of aromatic nitrogens is 4. The molecule has 0 aromatic carbocycles. The Bertz CT molecular complexity index is 615. The van der Waals surface area contributed by atoms with Gasteiger partial charge in [0.2, 0.25) is 0 Å². The van der Waals surface area contributed by atoms with Crippen LogP contribution >= 0.6 is 0 Å². The first-order valence-electron chi connectivity index (χ1n) is 6.56. The fourth-order valence-electron chi connectivity index (χ4n) is 1.64. The van der Waals surface area contributed by atoms with Crippen molar-refractivity contribution in [3.63, 3.8) is 0 Å². The average Bonchev–Trinajstić information content (AvgIpc) is 2.76. The third-order valence-corrected chi connectivity index (χ3v) is 2.53. The topological polar surface area (TPSA) is 81.4 Å². The van der Waals surface area contributed by atoms with Crippen LogP contribution in [0.2, 0.25) is 0 Å². The van der Waals surface area contributed by atoms with Crippen LogP contribution in [0.25, 0.3) is 5.65 Å². The van der Waals surface area contributed by atoms with Crippen molar-refractivity contribution in [2.45, 2.75) is 46.3 Å². The minimum absolute atomic E-state index is 0.218. The molecule has 0 aliphatic rings. The standard InChI is InChI=1S/C13H19N5O2/c1-5-9-6-7-10-15-16-11(18(10)17-9)8-14-12(19)20-13(2,3)4/h6-7H,5,8H2,1-4H3,(H,14,19). The van der Waals surface area contributed by atoms with Crippen molar-refractivity contribution in [1.82, 2.24) is 25.1 Å². The summed E-state index contributed by atoms with van der Waals surface area (Å²) >= 11 is 0. The zero-order valence-corrected chi connectivity index (χ0v) is 12.2. The van der Waals surface area contributed by atoms with Gasteiger partial charge in [-0.2, -0.15) is 9.61 Å². The second-order valence-electron chi connectivity index (χ2n) is 5.42. The molecule has 0 aliphatic heterocycles. The van der Waals surface area contributed by atoms with E-state index in [0.29, 0.717) is 11.5 Å². The maximum atomic E-state index is 11.6. The van der Waals surface area contributed by atoms with Gasteiger partial charge >= 0.3 is 6.09 Å². The number of rotatable bonds is 3. The van der Waals surface area contributed by atoms with Gasteiger partial charge in [-0.1, -0.05) is 6.92 Å². The first-order chi connectivity index (χ1) is 9.39. The largest absolute Gasteiger partial charge is 0.444 e. The van der Waals surface area contributed by atoms with Gasteiger partial charge in [0.05, 0.1) is 12.2 Å². The number of amides is 1. The van der Waals surface area contributed by atoms with E-state index in [1.807, 2.05) is 39.8 Å². The van der Waals surface area contributed by atoms with Crippen molar-refractivity contribution in [2.24, 2.45) is 0 Å². The van der Waals surface area contributed by atoms with E-state index in [9.17, 15) is 4.79 Å². The van der Waals surface area contributed by atoms with Crippen LogP contribution in [0.3, 0.4) is 0 Å². The van der Waals surface area contributed by atoms with E-state index in [2.05, 4.69) is 20.6 Å². The molecule has 2 heterocycles. The summed E-state index contributed by atoms with van der Waals surface area (Å²) in [5.41, 5.74) is 1.07. The van der Waals surface area contributed by atoms with Crippen molar-refractivity contribution in [2.75, 3.05) is 0 Å². The molecule has 7 nitrogen and oxygen atoms in total. The first kappa shape index (κ1) is 14.2. The van der Waals surface area contributed by atoms with Crippen LogP contribution in [0, 0.1) is 0 Å². The van der Waals surface area contributed by atoms with Crippen LogP contribution < -0.4 is 5.32 Å². The van der Waals surface area contributed by atoms with Crippen molar-refractivity contribution in [3.05, 3.63) is 23.7 Å². The number of fused-ring (bicyclic) bond motifs is 1. The molecule has 0 saturated heterocycles. The fraction of sp³-hybridized carbons (Fsp3) is 0.538. The highest BCUT2D eigenvalue weighted by atomic mass is 16.6. The highest BCUT2D eigenvalue weighted by Gasteiger charge is 2.16. The normalized spacial score (nSPS) is 11.6. The average molecular weight is 277 g/mol. The number of ether oxygens (including phenoxy) is 1. The predicted octanol–water partition coefficient (Wildman–Crippen LogP) is 1.71. The van der Waals surface area contributed by atoms with Crippen LogP contribution in [0.15, 0.2) is 12.1 Å². The summed E-state index contributed by atoms with van der Waals surface area (Å²) in [6.07, 6.45) is 0.341. The zero-order chi connectivity index (χ0) is 14.8. The summed E-state index contributed by atoms with van der Waals surface area (Å²) in [6.45, 7) is 7.68. The van der Waals surface area contributed by atoms with E-state index in [0.717, 1.165) is 12.1 Å². The summed E-state index contributed by atoms with van der Waals surface area (Å²) in [4.78, 5) is 11.6. The molecule has 108 valence electrons. The molecule has 0 atom stereocenters. The maximum absolute atomic E-state index is 11.6. The number of nitrogens with zero attached hydrogens (tertiary/aromatic N) is 4. The lowest BCUT2D eigenvalue weighted by Crippen LogP contribution is -2.32. The molecule has 0 spiro atoms. The molecule has 2 aromatic rings. The molecular weight excluding hydrogens is 258 g/mol. The van der Waals surface area contributed by atoms with Gasteiger partial charge < -0.3 is 10.1 Å². The van der Waals surface area contributed by atoms with Gasteiger partial charge in [0.15, 0.2) is 11.5 Å². The Kier molecular flexibility index (Phi) is 3.87. The molecule has 0 aliphatic carbocycles. The molecule has 0 unspecified atom stereocenters. The Hall–Kier alpha value is -2.18. The van der Waals surface area contributed by atoms with E-state index in [1.165, 1.54) is 0 Å². The number of aryl methyl sites for hydroxylation is 1. The maximum Gasteiger partial charge on any atom is 0.408 e. The predicted molar refractivity (Wildman–Crippen MR) is 73.2 cm³/mol. The van der Waals surface area contributed by atoms with Gasteiger partial charge in [-0.05, 0) is 39.3 Å². The molecule has 2 aromatic heterocycles. The van der Waals surface area contributed by atoms with Gasteiger partial charge in [-0.15, -0.1) is 10.2 Å². The van der Waals surface area contributed by atoms with E-state index in [1.54, 1.807) is 4.52 Å². The van der Waals surface area contributed by atoms with Crippen molar-refractivity contribution in [3.8, 4) is 0 Å². The van der Waals surface area contributed by atoms with E-state index in [-0.39, 0.29) is 6.54 Å². The van der Waals surface area contributed by atoms with Crippen molar-refractivity contribution in [1.29, 1.82) is 0 Å². The Morgan fingerprint density at radius 2 is 2.10 bits per heavy atom. The Balaban J connectivity index is 2.08. The van der Waals surface area contributed by atoms with Crippen LogP contribution in [0.4, 0.5) is 4.79 Å². The summed E-state index contributed by atoms with van der Waals surface area (Å²) < 4.78 is 6.80. The van der Waals surface area contributed by atoms with Gasteiger partial charge in [-0.3, -0.25) is 0 Å². The molecule has 0 radical (unpaired) electrons. The lowest BCUT2D eigenvalue weighted by molar-refractivity contribution is 0.0522. The van der Waals surface area contributed by atoms with Gasteiger partial charge in [-0.25, -0.2) is 4.79 Å². The molecule has 2 rings (SSSR count). The fourth-order valence-corrected chi connectivity index (χ4v) is 1.64. The SMILES string of the molecule is CCc1ccc2nnc(CNC(=O)OC(C)(C)C)n2n1. The molecule has 1 N–H and O–H groups in total. The molecule has 20 heavy (non-hydrogen) atoms. The van der Waals surface area contributed by atoms with Crippen LogP contribution in [-0.4, -0.2) is 31.5 Å². The van der Waals surface area contributed by atoms with Crippen molar-refractivity contribution < 1.29 is 9.53 Å². The molecule has 0 fully saturated rings. The van der Waals surface area contributed by atoms with Crippen LogP contribution in [-0.2, 0) is 17.7 Å². The number of hydrogen-bond acceptors (Lipinski definition) is 5. The number of alkyl carbamates (subject to hydrolysis) is 1. The van der Waals surface area contributed by atoms with E-state index < -0.39 is 11.7 Å². The lowest BCUT2D eigenvalue weighted by Gasteiger charge is -2.19. The van der Waals surface area contributed by atoms with Crippen LogP contribution in [0.1, 0.15) is 39.2 Å². The molecule has 0 saturated carbocycles. The third kappa shape index (κ3) is 3.43. The minimum Gasteiger partial charge on any atom is -0.444 e. The number of nitrogens with one attached hydrogen (secondary N) is 1. The smallest absolute Gasteiger partial charge is 0.408 e. The number of carbonyl (C=O) groups excluding carboxylic acids is 1. The Morgan fingerprint density at radius 3 is 2.75 bits per heavy atom. The lowest BCUT2D eigenvalue weighted by atomic mass is 10.2. The molecule has 1 amide bonds. The molecule has 0 bridgehead atoms. The molecule has 7 heteroatoms. The summed E-state index contributed by atoms with van der Waals surface area (Å²) in [6, 6.07) is 3.77. The summed E-state index contributed by atoms with van der Waals surface area (Å²) in [5.74, 6) is 0.571. The highest BCUT2D eigenvalue weighted by Crippen LogP contribution is 2.07. The second-order valence-corrected chi connectivity index (χ2v) is 5.42. The summed E-state index contributed by atoms with van der Waals surface area (Å²) in [5, 5.41) is 15.1. The van der Waals surface area contributed by atoms with E-state index in [4.69, 9.17) is 4.74 Å². The minimum atomic E-state index is -0.523. The highest BCUT2D eigenvalue weighted by molar-refractivity contribution is 5.67. The number of carbonyl (C=O) groups is 1. The van der Waals surface area contributed by atoms with Crippen LogP contribution in [0.5, 0.6) is 0 Å². The number of hydrogen-bond donors (Lipinski definition) is 1. The zero-order valence-electron chi connectivity index (χ0n) is 12.2. The third-order valence-electron chi connectivity index (χ3n) is 2.53. The van der Waals surface area contributed by atoms with Gasteiger partial charge in [0, 0.05) is 0 Å². The quantitative estimate of drug-likeness (QED) is 0.923. The summed E-state index contributed by atoms with van der Waals surface area (Å²) in [7, 11) is 0.